The molecule has 2 heterocycles. The van der Waals surface area contributed by atoms with Crippen LogP contribution in [0.3, 0.4) is 0 Å². The molecule has 3 aromatic rings. The number of nitrogens with zero attached hydrogens (tertiary/aromatic N) is 4. The molecule has 0 saturated carbocycles. The Morgan fingerprint density at radius 2 is 1.86 bits per heavy atom. The zero-order valence-corrected chi connectivity index (χ0v) is 17.8. The van der Waals surface area contributed by atoms with Gasteiger partial charge in [0.15, 0.2) is 5.11 Å². The average molecular weight is 397 g/mol. The molecule has 0 unspecified atom stereocenters. The molecule has 0 atom stereocenters. The van der Waals surface area contributed by atoms with E-state index in [0.29, 0.717) is 5.11 Å². The van der Waals surface area contributed by atoms with E-state index in [1.165, 1.54) is 11.1 Å². The number of hydrogen-bond acceptors (Lipinski definition) is 3. The highest BCUT2D eigenvalue weighted by Crippen LogP contribution is 2.21. The van der Waals surface area contributed by atoms with Gasteiger partial charge in [-0.1, -0.05) is 24.3 Å². The molecule has 0 saturated heterocycles. The normalized spacial score (nSPS) is 10.9. The minimum atomic E-state index is 0.623. The first-order valence-corrected chi connectivity index (χ1v) is 9.98. The van der Waals surface area contributed by atoms with Gasteiger partial charge in [-0.05, 0) is 63.5 Å². The predicted octanol–water partition coefficient (Wildman–Crippen LogP) is 3.74. The van der Waals surface area contributed by atoms with Gasteiger partial charge in [0.25, 0.3) is 0 Å². The van der Waals surface area contributed by atoms with Crippen molar-refractivity contribution in [3.63, 3.8) is 0 Å². The fourth-order valence-corrected chi connectivity index (χ4v) is 3.37. The molecule has 0 amide bonds. The Hall–Kier alpha value is -2.67. The van der Waals surface area contributed by atoms with Gasteiger partial charge >= 0.3 is 0 Å². The summed E-state index contributed by atoms with van der Waals surface area (Å²) < 4.78 is 3.99. The Labute approximate surface area is 172 Å². The molecule has 0 aliphatic rings. The van der Waals surface area contributed by atoms with E-state index in [1.54, 1.807) is 0 Å². The fourth-order valence-electron chi connectivity index (χ4n) is 3.17. The highest BCUT2D eigenvalue weighted by molar-refractivity contribution is 7.80. The van der Waals surface area contributed by atoms with Crippen LogP contribution in [-0.2, 0) is 13.1 Å². The van der Waals surface area contributed by atoms with Crippen LogP contribution in [0.15, 0.2) is 36.5 Å². The minimum Gasteiger partial charge on any atom is -0.362 e. The van der Waals surface area contributed by atoms with E-state index in [4.69, 9.17) is 17.3 Å². The first-order valence-electron chi connectivity index (χ1n) is 9.57. The lowest BCUT2D eigenvalue weighted by atomic mass is 10.1. The number of hydrogen-bond donors (Lipinski definition) is 2. The number of nitrogens with one attached hydrogen (secondary N) is 2. The topological polar surface area (TPSA) is 59.7 Å². The molecule has 0 fully saturated rings. The molecule has 7 heteroatoms. The van der Waals surface area contributed by atoms with E-state index in [9.17, 15) is 0 Å². The summed E-state index contributed by atoms with van der Waals surface area (Å²) in [5.74, 6) is 0. The van der Waals surface area contributed by atoms with E-state index in [0.717, 1.165) is 48.8 Å². The Bertz CT molecular complexity index is 956. The molecule has 1 aromatic carbocycles. The summed E-state index contributed by atoms with van der Waals surface area (Å²) in [5, 5.41) is 16.3. The van der Waals surface area contributed by atoms with Crippen LogP contribution in [0.4, 0.5) is 5.69 Å². The second kappa shape index (κ2) is 9.01. The highest BCUT2D eigenvalue weighted by Gasteiger charge is 2.13. The highest BCUT2D eigenvalue weighted by atomic mass is 32.1. The Kier molecular flexibility index (Phi) is 6.46. The SMILES string of the molecule is Cc1ccn(CCCNC(=S)Nc2c(C)nn(Cc3ccccc3C)c2C)n1. The number of benzene rings is 1. The van der Waals surface area contributed by atoms with E-state index in [1.807, 2.05) is 35.5 Å². The average Bonchev–Trinajstić information content (AvgIpc) is 3.19. The maximum Gasteiger partial charge on any atom is 0.170 e. The van der Waals surface area contributed by atoms with Gasteiger partial charge in [-0.3, -0.25) is 9.36 Å². The Morgan fingerprint density at radius 3 is 2.57 bits per heavy atom. The maximum absolute atomic E-state index is 5.47. The molecule has 0 aliphatic carbocycles. The van der Waals surface area contributed by atoms with Crippen LogP contribution >= 0.6 is 12.2 Å². The molecule has 0 radical (unpaired) electrons. The monoisotopic (exact) mass is 396 g/mol. The summed E-state index contributed by atoms with van der Waals surface area (Å²) >= 11 is 5.47. The van der Waals surface area contributed by atoms with Crippen molar-refractivity contribution in [3.05, 3.63) is 64.7 Å². The third-order valence-electron chi connectivity index (χ3n) is 4.82. The van der Waals surface area contributed by atoms with Crippen molar-refractivity contribution >= 4 is 23.0 Å². The predicted molar refractivity (Wildman–Crippen MR) is 118 cm³/mol. The molecule has 2 aromatic heterocycles. The Morgan fingerprint density at radius 1 is 1.07 bits per heavy atom. The second-order valence-electron chi connectivity index (χ2n) is 7.08. The van der Waals surface area contributed by atoms with Gasteiger partial charge in [-0.2, -0.15) is 10.2 Å². The molecule has 148 valence electrons. The Balaban J connectivity index is 1.54. The number of aromatic nitrogens is 4. The van der Waals surface area contributed by atoms with Crippen LogP contribution in [0, 0.1) is 27.7 Å². The van der Waals surface area contributed by atoms with Crippen LogP contribution in [0.25, 0.3) is 0 Å². The van der Waals surface area contributed by atoms with Crippen molar-refractivity contribution in [2.24, 2.45) is 0 Å². The standard InChI is InChI=1S/C21H28N6S/c1-15-8-5-6-9-19(15)14-27-18(4)20(17(3)25-27)23-21(28)22-11-7-12-26-13-10-16(2)24-26/h5-6,8-10,13H,7,11-12,14H2,1-4H3,(H2,22,23,28). The largest absolute Gasteiger partial charge is 0.362 e. The van der Waals surface area contributed by atoms with Crippen LogP contribution in [0.5, 0.6) is 0 Å². The van der Waals surface area contributed by atoms with Crippen molar-refractivity contribution in [2.45, 2.75) is 47.2 Å². The molecule has 28 heavy (non-hydrogen) atoms. The maximum atomic E-state index is 5.47. The number of anilines is 1. The molecule has 0 bridgehead atoms. The molecular formula is C21H28N6S. The third kappa shape index (κ3) is 4.98. The molecule has 2 N–H and O–H groups in total. The summed E-state index contributed by atoms with van der Waals surface area (Å²) in [7, 11) is 0. The lowest BCUT2D eigenvalue weighted by molar-refractivity contribution is 0.570. The summed E-state index contributed by atoms with van der Waals surface area (Å²) in [6.07, 6.45) is 2.95. The van der Waals surface area contributed by atoms with Gasteiger partial charge < -0.3 is 10.6 Å². The van der Waals surface area contributed by atoms with E-state index in [-0.39, 0.29) is 0 Å². The summed E-state index contributed by atoms with van der Waals surface area (Å²) in [4.78, 5) is 0. The van der Waals surface area contributed by atoms with Crippen molar-refractivity contribution in [3.8, 4) is 0 Å². The first-order chi connectivity index (χ1) is 13.4. The smallest absolute Gasteiger partial charge is 0.170 e. The second-order valence-corrected chi connectivity index (χ2v) is 7.49. The van der Waals surface area contributed by atoms with Gasteiger partial charge in [0, 0.05) is 19.3 Å². The van der Waals surface area contributed by atoms with Gasteiger partial charge in [0.2, 0.25) is 0 Å². The number of thiocarbonyl (C=S) groups is 1. The van der Waals surface area contributed by atoms with Crippen molar-refractivity contribution in [1.82, 2.24) is 24.9 Å². The molecule has 0 spiro atoms. The number of aryl methyl sites for hydroxylation is 4. The van der Waals surface area contributed by atoms with E-state index < -0.39 is 0 Å². The lowest BCUT2D eigenvalue weighted by Gasteiger charge is -2.12. The van der Waals surface area contributed by atoms with E-state index >= 15 is 0 Å². The molecule has 0 aliphatic heterocycles. The number of rotatable bonds is 7. The third-order valence-corrected chi connectivity index (χ3v) is 5.07. The summed E-state index contributed by atoms with van der Waals surface area (Å²) in [6, 6.07) is 10.4. The minimum absolute atomic E-state index is 0.623. The van der Waals surface area contributed by atoms with Gasteiger partial charge in [-0.15, -0.1) is 0 Å². The van der Waals surface area contributed by atoms with E-state index in [2.05, 4.69) is 53.8 Å². The van der Waals surface area contributed by atoms with Crippen LogP contribution in [0.2, 0.25) is 0 Å². The van der Waals surface area contributed by atoms with Crippen molar-refractivity contribution in [2.75, 3.05) is 11.9 Å². The zero-order valence-electron chi connectivity index (χ0n) is 17.0. The van der Waals surface area contributed by atoms with Crippen molar-refractivity contribution in [1.29, 1.82) is 0 Å². The van der Waals surface area contributed by atoms with Gasteiger partial charge in [-0.25, -0.2) is 0 Å². The van der Waals surface area contributed by atoms with Crippen LogP contribution in [0.1, 0.15) is 34.6 Å². The molecule has 6 nitrogen and oxygen atoms in total. The van der Waals surface area contributed by atoms with Crippen LogP contribution < -0.4 is 10.6 Å². The summed E-state index contributed by atoms with van der Waals surface area (Å²) in [5.41, 5.74) is 6.59. The van der Waals surface area contributed by atoms with Crippen molar-refractivity contribution < 1.29 is 0 Å². The quantitative estimate of drug-likeness (QED) is 0.471. The van der Waals surface area contributed by atoms with Gasteiger partial charge in [0.1, 0.15) is 0 Å². The fraction of sp³-hybridized carbons (Fsp3) is 0.381. The molecular weight excluding hydrogens is 368 g/mol. The first kappa shape index (κ1) is 20.1. The summed E-state index contributed by atoms with van der Waals surface area (Å²) in [6.45, 7) is 10.6. The van der Waals surface area contributed by atoms with Crippen LogP contribution in [-0.4, -0.2) is 31.2 Å². The molecule has 3 rings (SSSR count). The lowest BCUT2D eigenvalue weighted by Crippen LogP contribution is -2.30. The zero-order chi connectivity index (χ0) is 20.1. The van der Waals surface area contributed by atoms with Gasteiger partial charge in [0.05, 0.1) is 29.3 Å².